The van der Waals surface area contributed by atoms with Crippen molar-refractivity contribution in [3.63, 3.8) is 0 Å². The topological polar surface area (TPSA) is 76.3 Å². The first-order valence-corrected chi connectivity index (χ1v) is 16.2. The van der Waals surface area contributed by atoms with Gasteiger partial charge in [-0.25, -0.2) is 4.98 Å². The number of aryl methyl sites for hydroxylation is 3. The van der Waals surface area contributed by atoms with Crippen LogP contribution in [-0.4, -0.2) is 30.2 Å². The zero-order valence-corrected chi connectivity index (χ0v) is 27.7. The molecule has 6 aromatic rings. The first-order valence-electron chi connectivity index (χ1n) is 15.8. The van der Waals surface area contributed by atoms with Gasteiger partial charge in [0.05, 0.1) is 23.8 Å². The van der Waals surface area contributed by atoms with E-state index in [-0.39, 0.29) is 0 Å². The number of benzene rings is 4. The Balaban J connectivity index is 0.000000162. The van der Waals surface area contributed by atoms with E-state index in [1.54, 1.807) is 7.11 Å². The highest BCUT2D eigenvalue weighted by Gasteiger charge is 2.12. The number of aromatic nitrogens is 2. The summed E-state index contributed by atoms with van der Waals surface area (Å²) in [7, 11) is 1.67. The number of rotatable bonds is 5. The van der Waals surface area contributed by atoms with Crippen molar-refractivity contribution in [3.05, 3.63) is 113 Å². The number of anilines is 4. The number of fused-ring (bicyclic) bond motifs is 2. The third kappa shape index (κ3) is 6.87. The van der Waals surface area contributed by atoms with Crippen LogP contribution in [0.2, 0.25) is 5.02 Å². The van der Waals surface area contributed by atoms with Crippen LogP contribution < -0.4 is 20.7 Å². The highest BCUT2D eigenvalue weighted by Crippen LogP contribution is 2.33. The summed E-state index contributed by atoms with van der Waals surface area (Å²) in [5.41, 5.74) is 17.5. The molecule has 46 heavy (non-hydrogen) atoms. The van der Waals surface area contributed by atoms with Gasteiger partial charge in [-0.05, 0) is 136 Å². The summed E-state index contributed by atoms with van der Waals surface area (Å²) in [5.74, 6) is 0.825. The van der Waals surface area contributed by atoms with E-state index in [4.69, 9.17) is 27.1 Å². The number of halogens is 1. The minimum atomic E-state index is 0.707. The van der Waals surface area contributed by atoms with Gasteiger partial charge in [0.15, 0.2) is 0 Å². The SMILES string of the molecule is COc1cc(-c2ccc3cc(C)c(C)cc3n2)c(N)cc1C.Clc1ccc2c(Nc3ccc(N4CCCCC4)cc3)ccnc2c1. The minimum absolute atomic E-state index is 0.707. The van der Waals surface area contributed by atoms with E-state index in [2.05, 4.69) is 71.5 Å². The van der Waals surface area contributed by atoms with Crippen LogP contribution >= 0.6 is 11.6 Å². The van der Waals surface area contributed by atoms with Gasteiger partial charge in [-0.1, -0.05) is 17.7 Å². The highest BCUT2D eigenvalue weighted by atomic mass is 35.5. The standard InChI is InChI=1S/C20H20ClN3.C19H20N2O/c21-15-4-9-18-19(10-11-22-20(18)14-15)23-16-5-7-17(8-6-16)24-12-2-1-3-13-24;1-11-7-14-5-6-17(21-18(14)9-12(11)2)15-10-19(22-4)13(3)8-16(15)20/h4-11,14H,1-3,12-13H2,(H,22,23);5-10H,20H2,1-4H3. The maximum atomic E-state index is 6.18. The van der Waals surface area contributed by atoms with Gasteiger partial charge >= 0.3 is 0 Å². The Bertz CT molecular complexity index is 2000. The summed E-state index contributed by atoms with van der Waals surface area (Å²) < 4.78 is 5.40. The van der Waals surface area contributed by atoms with E-state index in [0.29, 0.717) is 10.7 Å². The van der Waals surface area contributed by atoms with E-state index in [0.717, 1.165) is 55.8 Å². The zero-order chi connectivity index (χ0) is 32.2. The molecule has 0 saturated carbocycles. The molecular formula is C39H40ClN5O. The Morgan fingerprint density at radius 3 is 2.30 bits per heavy atom. The van der Waals surface area contributed by atoms with Crippen molar-refractivity contribution in [1.82, 2.24) is 9.97 Å². The van der Waals surface area contributed by atoms with Gasteiger partial charge < -0.3 is 20.7 Å². The van der Waals surface area contributed by atoms with E-state index < -0.39 is 0 Å². The second kappa shape index (κ2) is 13.7. The lowest BCUT2D eigenvalue weighted by molar-refractivity contribution is 0.412. The van der Waals surface area contributed by atoms with Gasteiger partial charge in [-0.3, -0.25) is 4.98 Å². The van der Waals surface area contributed by atoms with Gasteiger partial charge in [-0.15, -0.1) is 0 Å². The molecule has 3 N–H and O–H groups in total. The molecule has 7 heteroatoms. The van der Waals surface area contributed by atoms with Crippen molar-refractivity contribution >= 4 is 56.2 Å². The van der Waals surface area contributed by atoms with Crippen molar-refractivity contribution < 1.29 is 4.74 Å². The van der Waals surface area contributed by atoms with E-state index in [9.17, 15) is 0 Å². The minimum Gasteiger partial charge on any atom is -0.496 e. The molecule has 1 saturated heterocycles. The summed E-state index contributed by atoms with van der Waals surface area (Å²) in [6.45, 7) is 8.54. The van der Waals surface area contributed by atoms with Crippen molar-refractivity contribution in [2.45, 2.75) is 40.0 Å². The Morgan fingerprint density at radius 1 is 0.783 bits per heavy atom. The predicted molar refractivity (Wildman–Crippen MR) is 195 cm³/mol. The number of hydrogen-bond donors (Lipinski definition) is 2. The summed E-state index contributed by atoms with van der Waals surface area (Å²) in [4.78, 5) is 11.6. The third-order valence-corrected chi connectivity index (χ3v) is 8.96. The molecule has 234 valence electrons. The van der Waals surface area contributed by atoms with Crippen molar-refractivity contribution in [1.29, 1.82) is 0 Å². The molecule has 1 fully saturated rings. The lowest BCUT2D eigenvalue weighted by Gasteiger charge is -2.28. The van der Waals surface area contributed by atoms with Crippen LogP contribution in [0.5, 0.6) is 5.75 Å². The molecule has 0 aliphatic carbocycles. The van der Waals surface area contributed by atoms with E-state index in [1.165, 1.54) is 49.2 Å². The number of methoxy groups -OCH3 is 1. The second-order valence-corrected chi connectivity index (χ2v) is 12.4. The Labute approximate surface area is 276 Å². The monoisotopic (exact) mass is 629 g/mol. The molecular weight excluding hydrogens is 590 g/mol. The Morgan fingerprint density at radius 2 is 1.54 bits per heavy atom. The van der Waals surface area contributed by atoms with E-state index in [1.807, 2.05) is 55.6 Å². The molecule has 0 amide bonds. The fraction of sp³-hybridized carbons (Fsp3) is 0.231. The average Bonchev–Trinajstić information content (AvgIpc) is 3.06. The molecule has 1 aliphatic heterocycles. The number of nitrogen functional groups attached to an aromatic ring is 1. The summed E-state index contributed by atoms with van der Waals surface area (Å²) in [6, 6.07) is 28.8. The molecule has 0 atom stereocenters. The molecule has 7 rings (SSSR count). The van der Waals surface area contributed by atoms with Gasteiger partial charge in [-0.2, -0.15) is 0 Å². The maximum Gasteiger partial charge on any atom is 0.122 e. The molecule has 2 aromatic heterocycles. The average molecular weight is 630 g/mol. The maximum absolute atomic E-state index is 6.18. The predicted octanol–water partition coefficient (Wildman–Crippen LogP) is 10.0. The number of piperidine rings is 1. The van der Waals surface area contributed by atoms with Crippen LogP contribution in [0.25, 0.3) is 33.1 Å². The molecule has 3 heterocycles. The van der Waals surface area contributed by atoms with E-state index >= 15 is 0 Å². The number of nitrogens with two attached hydrogens (primary N) is 1. The fourth-order valence-electron chi connectivity index (χ4n) is 5.98. The highest BCUT2D eigenvalue weighted by molar-refractivity contribution is 6.31. The van der Waals surface area contributed by atoms with Crippen LogP contribution in [-0.2, 0) is 0 Å². The molecule has 4 aromatic carbocycles. The van der Waals surface area contributed by atoms with Crippen LogP contribution in [0.1, 0.15) is 36.0 Å². The Hall–Kier alpha value is -4.81. The van der Waals surface area contributed by atoms with Crippen molar-refractivity contribution in [2.24, 2.45) is 0 Å². The molecule has 0 spiro atoms. The summed E-state index contributed by atoms with van der Waals surface area (Å²) in [5, 5.41) is 6.42. The van der Waals surface area contributed by atoms with Crippen LogP contribution in [0.3, 0.4) is 0 Å². The molecule has 0 unspecified atom stereocenters. The zero-order valence-electron chi connectivity index (χ0n) is 26.9. The van der Waals surface area contributed by atoms with Crippen LogP contribution in [0.4, 0.5) is 22.7 Å². The van der Waals surface area contributed by atoms with Crippen molar-refractivity contribution in [2.75, 3.05) is 36.1 Å². The van der Waals surface area contributed by atoms with Crippen LogP contribution in [0, 0.1) is 20.8 Å². The lowest BCUT2D eigenvalue weighted by Crippen LogP contribution is -2.29. The second-order valence-electron chi connectivity index (χ2n) is 12.0. The number of hydrogen-bond acceptors (Lipinski definition) is 6. The first kappa shape index (κ1) is 31.2. The van der Waals surface area contributed by atoms with Gasteiger partial charge in [0, 0.05) is 63.4 Å². The van der Waals surface area contributed by atoms with Crippen LogP contribution in [0.15, 0.2) is 91.1 Å². The van der Waals surface area contributed by atoms with Crippen molar-refractivity contribution in [3.8, 4) is 17.0 Å². The lowest BCUT2D eigenvalue weighted by atomic mass is 10.0. The van der Waals surface area contributed by atoms with Gasteiger partial charge in [0.2, 0.25) is 0 Å². The van der Waals surface area contributed by atoms with Gasteiger partial charge in [0.1, 0.15) is 5.75 Å². The smallest absolute Gasteiger partial charge is 0.122 e. The third-order valence-electron chi connectivity index (χ3n) is 8.72. The van der Waals surface area contributed by atoms with Gasteiger partial charge in [0.25, 0.3) is 0 Å². The summed E-state index contributed by atoms with van der Waals surface area (Å²) >= 11 is 6.06. The molecule has 1 aliphatic rings. The fourth-order valence-corrected chi connectivity index (χ4v) is 6.15. The summed E-state index contributed by atoms with van der Waals surface area (Å²) in [6.07, 6.45) is 5.76. The number of ether oxygens (including phenoxy) is 1. The normalized spacial score (nSPS) is 12.9. The number of nitrogens with one attached hydrogen (secondary N) is 1. The largest absolute Gasteiger partial charge is 0.496 e. The quantitative estimate of drug-likeness (QED) is 0.185. The Kier molecular flexibility index (Phi) is 9.27. The number of pyridine rings is 2. The number of nitrogens with zero attached hydrogens (tertiary/aromatic N) is 3. The molecule has 0 bridgehead atoms. The molecule has 6 nitrogen and oxygen atoms in total. The molecule has 0 radical (unpaired) electrons. The first-order chi connectivity index (χ1) is 22.3.